The second-order valence-corrected chi connectivity index (χ2v) is 18.2. The van der Waals surface area contributed by atoms with Crippen LogP contribution >= 0.6 is 0 Å². The van der Waals surface area contributed by atoms with Gasteiger partial charge in [-0.05, 0) is 28.9 Å². The Morgan fingerprint density at radius 2 is 0.909 bits per heavy atom. The van der Waals surface area contributed by atoms with Gasteiger partial charge in [0.15, 0.2) is 11.6 Å². The molecule has 0 saturated heterocycles. The zero-order chi connectivity index (χ0) is 40.2. The van der Waals surface area contributed by atoms with Crippen LogP contribution in [0.2, 0.25) is 0 Å². The SMILES string of the molecule is CC(C)(C)C(=O)/C=C(\O)C(C)(C)C.CC(C)(C)C(=O)/C=C(\O)C(C)(C)C.CC1(C)c2cc(-c3ccccn3)[c-]cc2-c2c[c-]c(-c3ccccn3)cc21.[Pt].[Pt]. The first-order valence-corrected chi connectivity index (χ1v) is 18.1. The molecule has 0 fully saturated rings. The predicted molar refractivity (Wildman–Crippen MR) is 217 cm³/mol. The van der Waals surface area contributed by atoms with Gasteiger partial charge in [-0.15, -0.1) is 69.8 Å². The smallest absolute Gasteiger partial charge is 0.164 e. The van der Waals surface area contributed by atoms with E-state index in [1.165, 1.54) is 34.4 Å². The largest absolute Gasteiger partial charge is 0.512 e. The fraction of sp³-hybridized carbons (Fsp3) is 0.404. The van der Waals surface area contributed by atoms with Crippen molar-refractivity contribution in [2.75, 3.05) is 0 Å². The first-order valence-electron chi connectivity index (χ1n) is 18.1. The van der Waals surface area contributed by atoms with Crippen molar-refractivity contribution in [3.8, 4) is 33.6 Å². The van der Waals surface area contributed by atoms with Gasteiger partial charge in [-0.1, -0.05) is 121 Å². The molecular weight excluding hydrogens is 1050 g/mol. The minimum absolute atomic E-state index is 0. The Hall–Kier alpha value is -3.46. The maximum atomic E-state index is 11.5. The van der Waals surface area contributed by atoms with Crippen LogP contribution in [0.1, 0.15) is 108 Å². The second-order valence-electron chi connectivity index (χ2n) is 18.2. The first kappa shape index (κ1) is 49.6. The van der Waals surface area contributed by atoms with Gasteiger partial charge < -0.3 is 20.2 Å². The zero-order valence-corrected chi connectivity index (χ0v) is 39.4. The molecule has 8 heteroatoms. The van der Waals surface area contributed by atoms with Gasteiger partial charge in [0.2, 0.25) is 0 Å². The van der Waals surface area contributed by atoms with Crippen LogP contribution in [0.5, 0.6) is 0 Å². The maximum Gasteiger partial charge on any atom is 0.164 e. The Bertz CT molecular complexity index is 1830. The number of aliphatic hydroxyl groups is 2. The van der Waals surface area contributed by atoms with Gasteiger partial charge in [-0.3, -0.25) is 9.59 Å². The van der Waals surface area contributed by atoms with Crippen molar-refractivity contribution in [2.24, 2.45) is 21.7 Å². The number of aliphatic hydroxyl groups excluding tert-OH is 2. The van der Waals surface area contributed by atoms with Crippen molar-refractivity contribution in [3.05, 3.63) is 120 Å². The number of benzene rings is 2. The summed E-state index contributed by atoms with van der Waals surface area (Å²) in [4.78, 5) is 31.9. The summed E-state index contributed by atoms with van der Waals surface area (Å²) in [5.41, 5.74) is 7.43. The van der Waals surface area contributed by atoms with Gasteiger partial charge >= 0.3 is 0 Å². The van der Waals surface area contributed by atoms with Crippen LogP contribution in [0, 0.1) is 33.8 Å². The molecular formula is C47H58N2O4Pt2-2. The van der Waals surface area contributed by atoms with E-state index < -0.39 is 10.8 Å². The molecule has 1 aliphatic rings. The van der Waals surface area contributed by atoms with Crippen molar-refractivity contribution in [1.82, 2.24) is 9.97 Å². The number of rotatable bonds is 4. The quantitative estimate of drug-likeness (QED) is 0.120. The fourth-order valence-corrected chi connectivity index (χ4v) is 5.06. The summed E-state index contributed by atoms with van der Waals surface area (Å²) >= 11 is 0. The van der Waals surface area contributed by atoms with Crippen molar-refractivity contribution < 1.29 is 61.9 Å². The number of fused-ring (bicyclic) bond motifs is 3. The maximum absolute atomic E-state index is 11.5. The number of carbonyl (C=O) groups is 2. The summed E-state index contributed by atoms with van der Waals surface area (Å²) in [6.07, 6.45) is 6.31. The molecule has 0 spiro atoms. The monoisotopic (exact) mass is 1100 g/mol. The van der Waals surface area contributed by atoms with Gasteiger partial charge in [-0.2, -0.15) is 0 Å². The van der Waals surface area contributed by atoms with Crippen LogP contribution in [-0.2, 0) is 57.1 Å². The molecule has 0 aliphatic heterocycles. The molecule has 5 rings (SSSR count). The molecule has 0 amide bonds. The number of carbonyl (C=O) groups excluding carboxylic acids is 2. The van der Waals surface area contributed by atoms with Crippen LogP contribution in [0.4, 0.5) is 0 Å². The molecule has 2 N–H and O–H groups in total. The predicted octanol–water partition coefficient (Wildman–Crippen LogP) is 11.9. The molecule has 0 unspecified atom stereocenters. The summed E-state index contributed by atoms with van der Waals surface area (Å²) in [6, 6.07) is 27.5. The molecule has 6 nitrogen and oxygen atoms in total. The second kappa shape index (κ2) is 19.1. The van der Waals surface area contributed by atoms with E-state index in [2.05, 4.69) is 60.2 Å². The Labute approximate surface area is 358 Å². The number of hydrogen-bond acceptors (Lipinski definition) is 6. The van der Waals surface area contributed by atoms with Gasteiger partial charge in [0.1, 0.15) is 11.5 Å². The third kappa shape index (κ3) is 13.3. The van der Waals surface area contributed by atoms with E-state index >= 15 is 0 Å². The summed E-state index contributed by atoms with van der Waals surface area (Å²) < 4.78 is 0. The Kier molecular flexibility index (Phi) is 17.2. The minimum atomic E-state index is -0.417. The molecule has 2 aromatic heterocycles. The van der Waals surface area contributed by atoms with E-state index in [0.717, 1.165) is 22.5 Å². The van der Waals surface area contributed by atoms with E-state index in [9.17, 15) is 19.8 Å². The van der Waals surface area contributed by atoms with Crippen LogP contribution in [0.15, 0.2) is 96.7 Å². The Balaban J connectivity index is 0.000000462. The number of nitrogens with zero attached hydrogens (tertiary/aromatic N) is 2. The summed E-state index contributed by atoms with van der Waals surface area (Å²) in [6.45, 7) is 26.8. The van der Waals surface area contributed by atoms with Crippen molar-refractivity contribution in [2.45, 2.75) is 102 Å². The van der Waals surface area contributed by atoms with E-state index in [1.807, 2.05) is 132 Å². The fourth-order valence-electron chi connectivity index (χ4n) is 5.06. The molecule has 2 aromatic carbocycles. The number of hydrogen-bond donors (Lipinski definition) is 2. The summed E-state index contributed by atoms with van der Waals surface area (Å²) in [5.74, 6) is 0.208. The number of ketones is 2. The van der Waals surface area contributed by atoms with Crippen molar-refractivity contribution >= 4 is 11.6 Å². The van der Waals surface area contributed by atoms with E-state index in [-0.39, 0.29) is 81.5 Å². The molecule has 302 valence electrons. The molecule has 0 radical (unpaired) electrons. The van der Waals surface area contributed by atoms with Gasteiger partial charge in [-0.25, -0.2) is 0 Å². The summed E-state index contributed by atoms with van der Waals surface area (Å²) in [7, 11) is 0. The Morgan fingerprint density at radius 3 is 1.16 bits per heavy atom. The molecule has 2 heterocycles. The number of pyridine rings is 2. The zero-order valence-electron chi connectivity index (χ0n) is 34.8. The molecule has 0 bridgehead atoms. The Morgan fingerprint density at radius 1 is 0.582 bits per heavy atom. The average molecular weight is 1110 g/mol. The van der Waals surface area contributed by atoms with E-state index in [1.54, 1.807) is 0 Å². The van der Waals surface area contributed by atoms with Crippen LogP contribution < -0.4 is 0 Å². The van der Waals surface area contributed by atoms with E-state index in [0.29, 0.717) is 0 Å². The molecule has 4 aromatic rings. The number of allylic oxidation sites excluding steroid dienone is 4. The molecule has 0 atom stereocenters. The number of aromatic nitrogens is 2. The molecule has 0 saturated carbocycles. The van der Waals surface area contributed by atoms with Crippen LogP contribution in [0.3, 0.4) is 0 Å². The van der Waals surface area contributed by atoms with Crippen molar-refractivity contribution in [1.29, 1.82) is 0 Å². The van der Waals surface area contributed by atoms with Crippen molar-refractivity contribution in [3.63, 3.8) is 0 Å². The first-order chi connectivity index (χ1) is 24.2. The summed E-state index contributed by atoms with van der Waals surface area (Å²) in [5, 5.41) is 19.1. The molecule has 1 aliphatic carbocycles. The van der Waals surface area contributed by atoms with Crippen LogP contribution in [0.25, 0.3) is 33.6 Å². The molecule has 55 heavy (non-hydrogen) atoms. The van der Waals surface area contributed by atoms with Gasteiger partial charge in [0, 0.05) is 88.3 Å². The normalized spacial score (nSPS) is 13.6. The third-order valence-corrected chi connectivity index (χ3v) is 8.97. The topological polar surface area (TPSA) is 100 Å². The standard InChI is InChI=1S/C25H18N2.2C11H20O2.2Pt/c1-25(2)21-15-17(23-7-3-5-13-26-23)9-11-19(21)20-12-10-18(16-22(20)25)24-8-4-6-14-27-24;2*1-10(2,3)8(12)7-9(13)11(4,5)6;;/h3-8,11-16H,1-2H3;2*7,12H,1-6H3;;/q-2;;;;/b;2*8-7-;;. The van der Waals surface area contributed by atoms with Gasteiger partial charge in [0.05, 0.1) is 0 Å². The van der Waals surface area contributed by atoms with E-state index in [4.69, 9.17) is 0 Å². The minimum Gasteiger partial charge on any atom is -0.512 e. The third-order valence-electron chi connectivity index (χ3n) is 8.97. The average Bonchev–Trinajstić information content (AvgIpc) is 3.29. The van der Waals surface area contributed by atoms with Gasteiger partial charge in [0.25, 0.3) is 0 Å². The van der Waals surface area contributed by atoms with Crippen LogP contribution in [-0.4, -0.2) is 31.7 Å².